The van der Waals surface area contributed by atoms with E-state index in [0.717, 1.165) is 19.3 Å². The second kappa shape index (κ2) is 5.95. The van der Waals surface area contributed by atoms with E-state index in [2.05, 4.69) is 0 Å². The Balaban J connectivity index is 2.29. The van der Waals surface area contributed by atoms with E-state index in [-0.39, 0.29) is 19.1 Å². The minimum absolute atomic E-state index is 0.116. The first-order valence-electron chi connectivity index (χ1n) is 7.30. The second-order valence-corrected chi connectivity index (χ2v) is 5.38. The molecule has 0 saturated heterocycles. The SMILES string of the molecule is CCOC(=O)C(O)(C(=O)OCC)C1C=CC2CCCC21. The summed E-state index contributed by atoms with van der Waals surface area (Å²) in [6.07, 6.45) is 6.79. The van der Waals surface area contributed by atoms with E-state index in [4.69, 9.17) is 9.47 Å². The van der Waals surface area contributed by atoms with Crippen molar-refractivity contribution in [3.05, 3.63) is 12.2 Å². The number of rotatable bonds is 5. The predicted molar refractivity (Wildman–Crippen MR) is 71.7 cm³/mol. The molecule has 3 atom stereocenters. The maximum absolute atomic E-state index is 12.1. The van der Waals surface area contributed by atoms with Crippen LogP contribution in [0.4, 0.5) is 0 Å². The van der Waals surface area contributed by atoms with Gasteiger partial charge < -0.3 is 14.6 Å². The van der Waals surface area contributed by atoms with Gasteiger partial charge in [-0.15, -0.1) is 0 Å². The van der Waals surface area contributed by atoms with Crippen molar-refractivity contribution in [1.29, 1.82) is 0 Å². The molecule has 2 aliphatic carbocycles. The third-order valence-corrected chi connectivity index (χ3v) is 4.31. The van der Waals surface area contributed by atoms with E-state index >= 15 is 0 Å². The molecular formula is C15H22O5. The summed E-state index contributed by atoms with van der Waals surface area (Å²) in [4.78, 5) is 24.3. The molecule has 3 unspecified atom stereocenters. The van der Waals surface area contributed by atoms with Gasteiger partial charge in [0.25, 0.3) is 5.60 Å². The van der Waals surface area contributed by atoms with E-state index in [1.165, 1.54) is 0 Å². The Morgan fingerprint density at radius 3 is 2.30 bits per heavy atom. The van der Waals surface area contributed by atoms with Crippen LogP contribution in [0.3, 0.4) is 0 Å². The summed E-state index contributed by atoms with van der Waals surface area (Å²) in [6.45, 7) is 3.52. The lowest BCUT2D eigenvalue weighted by atomic mass is 9.78. The van der Waals surface area contributed by atoms with Gasteiger partial charge in [-0.05, 0) is 38.5 Å². The molecule has 2 aliphatic rings. The third kappa shape index (κ3) is 2.35. The fraction of sp³-hybridized carbons (Fsp3) is 0.733. The van der Waals surface area contributed by atoms with Crippen molar-refractivity contribution in [3.63, 3.8) is 0 Å². The molecule has 1 saturated carbocycles. The van der Waals surface area contributed by atoms with Crippen LogP contribution in [0.5, 0.6) is 0 Å². The highest BCUT2D eigenvalue weighted by atomic mass is 16.6. The summed E-state index contributed by atoms with van der Waals surface area (Å²) in [6, 6.07) is 0. The average Bonchev–Trinajstić information content (AvgIpc) is 3.00. The highest BCUT2D eigenvalue weighted by molar-refractivity contribution is 6.04. The van der Waals surface area contributed by atoms with Gasteiger partial charge in [-0.1, -0.05) is 18.6 Å². The molecule has 5 nitrogen and oxygen atoms in total. The van der Waals surface area contributed by atoms with Crippen molar-refractivity contribution in [1.82, 2.24) is 0 Å². The number of carbonyl (C=O) groups excluding carboxylic acids is 2. The summed E-state index contributed by atoms with van der Waals surface area (Å²) >= 11 is 0. The number of carbonyl (C=O) groups is 2. The third-order valence-electron chi connectivity index (χ3n) is 4.31. The zero-order chi connectivity index (χ0) is 14.8. The van der Waals surface area contributed by atoms with Crippen molar-refractivity contribution in [2.75, 3.05) is 13.2 Å². The Kier molecular flexibility index (Phi) is 4.48. The van der Waals surface area contributed by atoms with Crippen molar-refractivity contribution < 1.29 is 24.2 Å². The minimum atomic E-state index is -2.22. The van der Waals surface area contributed by atoms with E-state index in [0.29, 0.717) is 5.92 Å². The Hall–Kier alpha value is -1.36. The van der Waals surface area contributed by atoms with E-state index in [1.807, 2.05) is 6.08 Å². The molecule has 112 valence electrons. The lowest BCUT2D eigenvalue weighted by molar-refractivity contribution is -0.190. The zero-order valence-electron chi connectivity index (χ0n) is 12.0. The number of ether oxygens (including phenoxy) is 2. The Bertz CT molecular complexity index is 396. The van der Waals surface area contributed by atoms with Gasteiger partial charge >= 0.3 is 11.9 Å². The molecule has 0 spiro atoms. The molecule has 0 bridgehead atoms. The van der Waals surface area contributed by atoms with Crippen LogP contribution < -0.4 is 0 Å². The molecule has 0 radical (unpaired) electrons. The number of hydrogen-bond acceptors (Lipinski definition) is 5. The van der Waals surface area contributed by atoms with Crippen molar-refractivity contribution in [2.45, 2.75) is 38.7 Å². The first-order chi connectivity index (χ1) is 9.55. The van der Waals surface area contributed by atoms with Crippen molar-refractivity contribution in [3.8, 4) is 0 Å². The number of fused-ring (bicyclic) bond motifs is 1. The summed E-state index contributed by atoms with van der Waals surface area (Å²) < 4.78 is 9.82. The van der Waals surface area contributed by atoms with Gasteiger partial charge in [0.05, 0.1) is 13.2 Å². The molecule has 2 rings (SSSR count). The van der Waals surface area contributed by atoms with Crippen LogP contribution in [0.2, 0.25) is 0 Å². The largest absolute Gasteiger partial charge is 0.463 e. The molecule has 0 aromatic heterocycles. The molecule has 0 aliphatic heterocycles. The highest BCUT2D eigenvalue weighted by Gasteiger charge is 2.58. The van der Waals surface area contributed by atoms with Crippen LogP contribution in [-0.2, 0) is 19.1 Å². The highest BCUT2D eigenvalue weighted by Crippen LogP contribution is 2.47. The first-order valence-corrected chi connectivity index (χ1v) is 7.30. The Morgan fingerprint density at radius 2 is 1.75 bits per heavy atom. The number of allylic oxidation sites excluding steroid dienone is 1. The Labute approximate surface area is 118 Å². The fourth-order valence-corrected chi connectivity index (χ4v) is 3.39. The molecule has 20 heavy (non-hydrogen) atoms. The topological polar surface area (TPSA) is 72.8 Å². The van der Waals surface area contributed by atoms with Gasteiger partial charge in [0.2, 0.25) is 0 Å². The maximum atomic E-state index is 12.1. The van der Waals surface area contributed by atoms with Gasteiger partial charge in [-0.25, -0.2) is 9.59 Å². The standard InChI is InChI=1S/C15H22O5/c1-3-19-13(16)15(18,14(17)20-4-2)12-9-8-10-6-5-7-11(10)12/h8-12,18H,3-7H2,1-2H3. The number of hydrogen-bond donors (Lipinski definition) is 1. The summed E-state index contributed by atoms with van der Waals surface area (Å²) in [5, 5.41) is 10.8. The molecule has 0 aromatic carbocycles. The molecule has 5 heteroatoms. The lowest BCUT2D eigenvalue weighted by Gasteiger charge is -2.32. The Morgan fingerprint density at radius 1 is 1.15 bits per heavy atom. The van der Waals surface area contributed by atoms with Crippen LogP contribution in [0.25, 0.3) is 0 Å². The zero-order valence-corrected chi connectivity index (χ0v) is 12.0. The van der Waals surface area contributed by atoms with Crippen LogP contribution in [0.1, 0.15) is 33.1 Å². The van der Waals surface area contributed by atoms with Gasteiger partial charge in [0, 0.05) is 5.92 Å². The van der Waals surface area contributed by atoms with E-state index in [9.17, 15) is 14.7 Å². The first kappa shape index (κ1) is 15.0. The lowest BCUT2D eigenvalue weighted by Crippen LogP contribution is -2.55. The van der Waals surface area contributed by atoms with Gasteiger partial charge in [-0.3, -0.25) is 0 Å². The van der Waals surface area contributed by atoms with Crippen molar-refractivity contribution in [2.24, 2.45) is 17.8 Å². The van der Waals surface area contributed by atoms with Crippen LogP contribution in [0.15, 0.2) is 12.2 Å². The average molecular weight is 282 g/mol. The number of aliphatic hydroxyl groups is 1. The van der Waals surface area contributed by atoms with Gasteiger partial charge in [-0.2, -0.15) is 0 Å². The summed E-state index contributed by atoms with van der Waals surface area (Å²) in [5.74, 6) is -1.89. The quantitative estimate of drug-likeness (QED) is 0.469. The number of esters is 2. The molecule has 0 aromatic rings. The van der Waals surface area contributed by atoms with Crippen molar-refractivity contribution >= 4 is 11.9 Å². The molecular weight excluding hydrogens is 260 g/mol. The normalized spacial score (nSPS) is 28.2. The van der Waals surface area contributed by atoms with E-state index in [1.54, 1.807) is 19.9 Å². The predicted octanol–water partition coefficient (Wildman–Crippen LogP) is 1.45. The van der Waals surface area contributed by atoms with Crippen LogP contribution >= 0.6 is 0 Å². The van der Waals surface area contributed by atoms with Gasteiger partial charge in [0.15, 0.2) is 0 Å². The molecule has 0 amide bonds. The summed E-state index contributed by atoms with van der Waals surface area (Å²) in [5.41, 5.74) is -2.22. The second-order valence-electron chi connectivity index (χ2n) is 5.38. The van der Waals surface area contributed by atoms with Gasteiger partial charge in [0.1, 0.15) is 0 Å². The minimum Gasteiger partial charge on any atom is -0.463 e. The monoisotopic (exact) mass is 282 g/mol. The smallest absolute Gasteiger partial charge is 0.350 e. The molecule has 1 N–H and O–H groups in total. The fourth-order valence-electron chi connectivity index (χ4n) is 3.39. The molecule has 0 heterocycles. The van der Waals surface area contributed by atoms with Crippen LogP contribution in [-0.4, -0.2) is 35.9 Å². The summed E-state index contributed by atoms with van der Waals surface area (Å²) in [7, 11) is 0. The van der Waals surface area contributed by atoms with E-state index < -0.39 is 23.5 Å². The molecule has 1 fully saturated rings. The van der Waals surface area contributed by atoms with Crippen LogP contribution in [0, 0.1) is 17.8 Å². The maximum Gasteiger partial charge on any atom is 0.350 e.